The lowest BCUT2D eigenvalue weighted by Gasteiger charge is -2.17. The van der Waals surface area contributed by atoms with E-state index >= 15 is 0 Å². The molecule has 1 atom stereocenters. The van der Waals surface area contributed by atoms with Crippen molar-refractivity contribution in [3.63, 3.8) is 0 Å². The Morgan fingerprint density at radius 3 is 2.62 bits per heavy atom. The summed E-state index contributed by atoms with van der Waals surface area (Å²) in [5, 5.41) is 3.05. The second kappa shape index (κ2) is 6.77. The molecule has 21 heavy (non-hydrogen) atoms. The molecule has 0 amide bonds. The number of rotatable bonds is 7. The van der Waals surface area contributed by atoms with Crippen LogP contribution in [0, 0.1) is 12.8 Å². The zero-order chi connectivity index (χ0) is 15.6. The first-order chi connectivity index (χ1) is 9.83. The monoisotopic (exact) mass is 374 g/mol. The maximum atomic E-state index is 12.6. The van der Waals surface area contributed by atoms with Crippen LogP contribution in [0.25, 0.3) is 0 Å². The zero-order valence-electron chi connectivity index (χ0n) is 12.7. The Hall–Kier alpha value is -0.430. The van der Waals surface area contributed by atoms with Gasteiger partial charge < -0.3 is 5.32 Å². The fourth-order valence-electron chi connectivity index (χ4n) is 2.52. The Balaban J connectivity index is 2.24. The van der Waals surface area contributed by atoms with Crippen molar-refractivity contribution in [1.29, 1.82) is 0 Å². The standard InChI is InChI=1S/C15H23BrN2O2S/c1-10(6-12-4-5-12)18-21(19,20)15-8-13(9-17-3)7-14(16)11(15)2/h7-8,10,12,17-18H,4-6,9H2,1-3H3. The first kappa shape index (κ1) is 16.9. The minimum atomic E-state index is -3.48. The van der Waals surface area contributed by atoms with Crippen molar-refractivity contribution in [2.45, 2.75) is 50.6 Å². The largest absolute Gasteiger partial charge is 0.316 e. The topological polar surface area (TPSA) is 58.2 Å². The molecule has 1 aromatic carbocycles. The predicted octanol–water partition coefficient (Wildman–Crippen LogP) is 2.94. The molecule has 0 aliphatic heterocycles. The van der Waals surface area contributed by atoms with Crippen LogP contribution < -0.4 is 10.0 Å². The smallest absolute Gasteiger partial charge is 0.241 e. The molecule has 1 aliphatic carbocycles. The maximum Gasteiger partial charge on any atom is 0.241 e. The third-order valence-electron chi connectivity index (χ3n) is 3.77. The van der Waals surface area contributed by atoms with Gasteiger partial charge in [-0.05, 0) is 56.5 Å². The highest BCUT2D eigenvalue weighted by Gasteiger charge is 2.27. The van der Waals surface area contributed by atoms with Crippen molar-refractivity contribution in [3.8, 4) is 0 Å². The molecular weight excluding hydrogens is 352 g/mol. The van der Waals surface area contributed by atoms with Crippen molar-refractivity contribution >= 4 is 26.0 Å². The number of hydrogen-bond acceptors (Lipinski definition) is 3. The number of sulfonamides is 1. The summed E-state index contributed by atoms with van der Waals surface area (Å²) in [6.07, 6.45) is 3.39. The Labute approximate surface area is 135 Å². The SMILES string of the molecule is CNCc1cc(Br)c(C)c(S(=O)(=O)NC(C)CC2CC2)c1. The van der Waals surface area contributed by atoms with Crippen LogP contribution in [0.15, 0.2) is 21.5 Å². The van der Waals surface area contributed by atoms with Gasteiger partial charge in [-0.25, -0.2) is 13.1 Å². The third-order valence-corrected chi connectivity index (χ3v) is 6.31. The molecule has 118 valence electrons. The summed E-state index contributed by atoms with van der Waals surface area (Å²) in [5.74, 6) is 0.700. The maximum absolute atomic E-state index is 12.6. The first-order valence-electron chi connectivity index (χ1n) is 7.29. The van der Waals surface area contributed by atoms with Gasteiger partial charge in [-0.1, -0.05) is 28.8 Å². The van der Waals surface area contributed by atoms with E-state index < -0.39 is 10.0 Å². The Morgan fingerprint density at radius 1 is 1.38 bits per heavy atom. The van der Waals surface area contributed by atoms with E-state index in [1.165, 1.54) is 12.8 Å². The Morgan fingerprint density at radius 2 is 2.05 bits per heavy atom. The quantitative estimate of drug-likeness (QED) is 0.771. The molecule has 0 spiro atoms. The Kier molecular flexibility index (Phi) is 5.46. The van der Waals surface area contributed by atoms with E-state index in [0.717, 1.165) is 22.0 Å². The van der Waals surface area contributed by atoms with Crippen molar-refractivity contribution in [1.82, 2.24) is 10.0 Å². The van der Waals surface area contributed by atoms with E-state index in [9.17, 15) is 8.42 Å². The van der Waals surface area contributed by atoms with Gasteiger partial charge in [-0.2, -0.15) is 0 Å². The Bertz CT molecular complexity index is 612. The molecule has 2 rings (SSSR count). The highest BCUT2D eigenvalue weighted by Crippen LogP contribution is 2.34. The molecule has 2 N–H and O–H groups in total. The van der Waals surface area contributed by atoms with Gasteiger partial charge in [0.1, 0.15) is 0 Å². The highest BCUT2D eigenvalue weighted by molar-refractivity contribution is 9.10. The van der Waals surface area contributed by atoms with Gasteiger partial charge in [-0.15, -0.1) is 0 Å². The van der Waals surface area contributed by atoms with Crippen LogP contribution in [-0.2, 0) is 16.6 Å². The van der Waals surface area contributed by atoms with Gasteiger partial charge >= 0.3 is 0 Å². The molecule has 0 bridgehead atoms. The van der Waals surface area contributed by atoms with Crippen LogP contribution in [0.5, 0.6) is 0 Å². The second-order valence-electron chi connectivity index (χ2n) is 5.93. The molecule has 4 nitrogen and oxygen atoms in total. The minimum Gasteiger partial charge on any atom is -0.316 e. The molecule has 1 aromatic rings. The van der Waals surface area contributed by atoms with Crippen molar-refractivity contribution in [2.75, 3.05) is 7.05 Å². The highest BCUT2D eigenvalue weighted by atomic mass is 79.9. The summed E-state index contributed by atoms with van der Waals surface area (Å²) < 4.78 is 28.9. The second-order valence-corrected chi connectivity index (χ2v) is 8.47. The predicted molar refractivity (Wildman–Crippen MR) is 88.8 cm³/mol. The molecule has 1 unspecified atom stereocenters. The zero-order valence-corrected chi connectivity index (χ0v) is 15.1. The van der Waals surface area contributed by atoms with Crippen molar-refractivity contribution in [2.24, 2.45) is 5.92 Å². The van der Waals surface area contributed by atoms with E-state index in [1.807, 2.05) is 27.0 Å². The van der Waals surface area contributed by atoms with E-state index in [2.05, 4.69) is 26.0 Å². The lowest BCUT2D eigenvalue weighted by molar-refractivity contribution is 0.529. The van der Waals surface area contributed by atoms with Crippen LogP contribution in [-0.4, -0.2) is 21.5 Å². The van der Waals surface area contributed by atoms with E-state index in [0.29, 0.717) is 17.4 Å². The van der Waals surface area contributed by atoms with E-state index in [1.54, 1.807) is 6.07 Å². The molecular formula is C15H23BrN2O2S. The fraction of sp³-hybridized carbons (Fsp3) is 0.600. The van der Waals surface area contributed by atoms with Crippen molar-refractivity contribution < 1.29 is 8.42 Å². The van der Waals surface area contributed by atoms with Crippen LogP contribution in [0.2, 0.25) is 0 Å². The van der Waals surface area contributed by atoms with Gasteiger partial charge in [-0.3, -0.25) is 0 Å². The average Bonchev–Trinajstić information content (AvgIpc) is 3.16. The third kappa shape index (κ3) is 4.52. The molecule has 0 saturated heterocycles. The summed E-state index contributed by atoms with van der Waals surface area (Å²) in [5.41, 5.74) is 1.70. The van der Waals surface area contributed by atoms with E-state index in [-0.39, 0.29) is 6.04 Å². The number of benzene rings is 1. The first-order valence-corrected chi connectivity index (χ1v) is 9.57. The summed E-state index contributed by atoms with van der Waals surface area (Å²) in [6, 6.07) is 3.69. The molecule has 0 heterocycles. The molecule has 1 aliphatic rings. The average molecular weight is 375 g/mol. The van der Waals surface area contributed by atoms with Gasteiger partial charge in [0.05, 0.1) is 4.90 Å². The summed E-state index contributed by atoms with van der Waals surface area (Å²) >= 11 is 3.46. The van der Waals surface area contributed by atoms with Crippen LogP contribution in [0.4, 0.5) is 0 Å². The van der Waals surface area contributed by atoms with Crippen LogP contribution in [0.1, 0.15) is 37.3 Å². The molecule has 6 heteroatoms. The summed E-state index contributed by atoms with van der Waals surface area (Å²) in [7, 11) is -1.63. The van der Waals surface area contributed by atoms with Crippen LogP contribution in [0.3, 0.4) is 0 Å². The summed E-state index contributed by atoms with van der Waals surface area (Å²) in [6.45, 7) is 4.41. The lowest BCUT2D eigenvalue weighted by Crippen LogP contribution is -2.33. The molecule has 0 radical (unpaired) electrons. The van der Waals surface area contributed by atoms with Gasteiger partial charge in [0.15, 0.2) is 0 Å². The number of nitrogens with one attached hydrogen (secondary N) is 2. The van der Waals surface area contributed by atoms with Crippen molar-refractivity contribution in [3.05, 3.63) is 27.7 Å². The lowest BCUT2D eigenvalue weighted by atomic mass is 10.1. The van der Waals surface area contributed by atoms with Gasteiger partial charge in [0.2, 0.25) is 10.0 Å². The van der Waals surface area contributed by atoms with E-state index in [4.69, 9.17) is 0 Å². The number of hydrogen-bond donors (Lipinski definition) is 2. The van der Waals surface area contributed by atoms with Gasteiger partial charge in [0.25, 0.3) is 0 Å². The fourth-order valence-corrected chi connectivity index (χ4v) is 4.73. The molecule has 0 aromatic heterocycles. The molecule has 1 saturated carbocycles. The molecule has 1 fully saturated rings. The summed E-state index contributed by atoms with van der Waals surface area (Å²) in [4.78, 5) is 0.366. The minimum absolute atomic E-state index is 0.0198. The normalized spacial score (nSPS) is 17.0. The number of halogens is 1. The van der Waals surface area contributed by atoms with Crippen LogP contribution >= 0.6 is 15.9 Å². The van der Waals surface area contributed by atoms with Gasteiger partial charge in [0, 0.05) is 17.1 Å².